The zero-order valence-electron chi connectivity index (χ0n) is 6.82. The fourth-order valence-electron chi connectivity index (χ4n) is 0.869. The summed E-state index contributed by atoms with van der Waals surface area (Å²) >= 11 is 5.45. The van der Waals surface area contributed by atoms with Crippen LogP contribution in [0.4, 0.5) is 13.2 Å². The maximum atomic E-state index is 12.2. The molecule has 72 valence electrons. The molecule has 0 radical (unpaired) electrons. The Morgan fingerprint density at radius 1 is 1.46 bits per heavy atom. The number of aromatic nitrogens is 1. The predicted octanol–water partition coefficient (Wildman–Crippen LogP) is 3.15. The van der Waals surface area contributed by atoms with Gasteiger partial charge in [-0.1, -0.05) is 0 Å². The highest BCUT2D eigenvalue weighted by molar-refractivity contribution is 6.17. The first kappa shape index (κ1) is 10.3. The first-order chi connectivity index (χ1) is 5.95. The maximum absolute atomic E-state index is 12.2. The van der Waals surface area contributed by atoms with E-state index < -0.39 is 11.7 Å². The lowest BCUT2D eigenvalue weighted by molar-refractivity contribution is -0.137. The van der Waals surface area contributed by atoms with Gasteiger partial charge in [-0.3, -0.25) is 4.98 Å². The molecular formula is C8H7ClF3N. The van der Waals surface area contributed by atoms with Gasteiger partial charge in [-0.2, -0.15) is 13.2 Å². The summed E-state index contributed by atoms with van der Waals surface area (Å²) in [5.41, 5.74) is 0.188. The first-order valence-corrected chi connectivity index (χ1v) is 4.07. The molecule has 1 heterocycles. The van der Waals surface area contributed by atoms with Gasteiger partial charge >= 0.3 is 6.18 Å². The van der Waals surface area contributed by atoms with Crippen molar-refractivity contribution < 1.29 is 13.2 Å². The Morgan fingerprint density at radius 2 is 2.08 bits per heavy atom. The van der Waals surface area contributed by atoms with E-state index in [9.17, 15) is 13.2 Å². The molecule has 0 atom stereocenters. The highest BCUT2D eigenvalue weighted by Gasteiger charge is 2.31. The van der Waals surface area contributed by atoms with Crippen LogP contribution < -0.4 is 0 Å². The van der Waals surface area contributed by atoms with E-state index in [4.69, 9.17) is 11.6 Å². The predicted molar refractivity (Wildman–Crippen MR) is 43.5 cm³/mol. The molecule has 0 spiro atoms. The Bertz CT molecular complexity index is 309. The van der Waals surface area contributed by atoms with E-state index >= 15 is 0 Å². The molecule has 0 aliphatic carbocycles. The van der Waals surface area contributed by atoms with Gasteiger partial charge in [0, 0.05) is 17.8 Å². The first-order valence-electron chi connectivity index (χ1n) is 3.54. The number of pyridine rings is 1. The SMILES string of the molecule is Cc1ncc(C(F)(F)F)cc1CCl. The zero-order chi connectivity index (χ0) is 10.1. The largest absolute Gasteiger partial charge is 0.417 e. The molecular weight excluding hydrogens is 203 g/mol. The van der Waals surface area contributed by atoms with Crippen LogP contribution >= 0.6 is 11.6 Å². The molecule has 0 amide bonds. The molecule has 0 fully saturated rings. The van der Waals surface area contributed by atoms with Crippen molar-refractivity contribution in [2.45, 2.75) is 19.0 Å². The minimum atomic E-state index is -4.35. The Kier molecular flexibility index (Phi) is 2.81. The molecule has 1 rings (SSSR count). The number of nitrogens with zero attached hydrogens (tertiary/aromatic N) is 1. The monoisotopic (exact) mass is 209 g/mol. The van der Waals surface area contributed by atoms with Crippen LogP contribution in [0, 0.1) is 6.92 Å². The van der Waals surface area contributed by atoms with E-state index in [2.05, 4.69) is 4.98 Å². The molecule has 0 aromatic carbocycles. The lowest BCUT2D eigenvalue weighted by Crippen LogP contribution is -2.07. The van der Waals surface area contributed by atoms with Crippen molar-refractivity contribution in [2.24, 2.45) is 0 Å². The van der Waals surface area contributed by atoms with Gasteiger partial charge in [-0.25, -0.2) is 0 Å². The molecule has 0 N–H and O–H groups in total. The molecule has 0 aliphatic rings. The lowest BCUT2D eigenvalue weighted by atomic mass is 10.1. The summed E-state index contributed by atoms with van der Waals surface area (Å²) < 4.78 is 36.5. The number of aryl methyl sites for hydroxylation is 1. The summed E-state index contributed by atoms with van der Waals surface area (Å²) in [6.07, 6.45) is -3.53. The van der Waals surface area contributed by atoms with Crippen LogP contribution in [0.3, 0.4) is 0 Å². The molecule has 0 bridgehead atoms. The molecule has 5 heteroatoms. The molecule has 1 aromatic rings. The van der Waals surface area contributed by atoms with Crippen LogP contribution in [0.1, 0.15) is 16.8 Å². The summed E-state index contributed by atoms with van der Waals surface area (Å²) in [7, 11) is 0. The van der Waals surface area contributed by atoms with E-state index in [1.165, 1.54) is 0 Å². The lowest BCUT2D eigenvalue weighted by Gasteiger charge is -2.08. The van der Waals surface area contributed by atoms with Gasteiger partial charge in [0.1, 0.15) is 0 Å². The van der Waals surface area contributed by atoms with Gasteiger partial charge in [0.05, 0.1) is 5.56 Å². The number of hydrogen-bond donors (Lipinski definition) is 0. The molecule has 1 nitrogen and oxygen atoms in total. The molecule has 0 saturated heterocycles. The van der Waals surface area contributed by atoms with Crippen molar-refractivity contribution >= 4 is 11.6 Å². The molecule has 0 saturated carbocycles. The van der Waals surface area contributed by atoms with Crippen molar-refractivity contribution in [1.82, 2.24) is 4.98 Å². The summed E-state index contributed by atoms with van der Waals surface area (Å²) in [4.78, 5) is 3.61. The zero-order valence-corrected chi connectivity index (χ0v) is 7.58. The Labute approximate surface area is 78.5 Å². The van der Waals surface area contributed by atoms with Crippen molar-refractivity contribution in [2.75, 3.05) is 0 Å². The standard InChI is InChI=1S/C8H7ClF3N/c1-5-6(3-9)2-7(4-13-5)8(10,11)12/h2,4H,3H2,1H3. The van der Waals surface area contributed by atoms with E-state index in [-0.39, 0.29) is 5.88 Å². The third-order valence-electron chi connectivity index (χ3n) is 1.66. The third-order valence-corrected chi connectivity index (χ3v) is 1.95. The quantitative estimate of drug-likeness (QED) is 0.648. The van der Waals surface area contributed by atoms with Crippen molar-refractivity contribution in [3.63, 3.8) is 0 Å². The Balaban J connectivity index is 3.14. The van der Waals surface area contributed by atoms with Gasteiger partial charge in [-0.15, -0.1) is 11.6 Å². The normalized spacial score (nSPS) is 11.8. The van der Waals surface area contributed by atoms with Gasteiger partial charge < -0.3 is 0 Å². The molecule has 0 aliphatic heterocycles. The molecule has 13 heavy (non-hydrogen) atoms. The van der Waals surface area contributed by atoms with Crippen LogP contribution in [0.2, 0.25) is 0 Å². The van der Waals surface area contributed by atoms with E-state index in [1.807, 2.05) is 0 Å². The summed E-state index contributed by atoms with van der Waals surface area (Å²) in [5, 5.41) is 0. The number of alkyl halides is 4. The van der Waals surface area contributed by atoms with Gasteiger partial charge in [-0.05, 0) is 18.6 Å². The van der Waals surface area contributed by atoms with Gasteiger partial charge in [0.15, 0.2) is 0 Å². The Hall–Kier alpha value is -0.770. The van der Waals surface area contributed by atoms with E-state index in [1.54, 1.807) is 6.92 Å². The van der Waals surface area contributed by atoms with E-state index in [0.29, 0.717) is 11.3 Å². The average Bonchev–Trinajstić information content (AvgIpc) is 2.03. The highest BCUT2D eigenvalue weighted by Crippen LogP contribution is 2.29. The fraction of sp³-hybridized carbons (Fsp3) is 0.375. The smallest absolute Gasteiger partial charge is 0.261 e. The van der Waals surface area contributed by atoms with Crippen molar-refractivity contribution in [1.29, 1.82) is 0 Å². The average molecular weight is 210 g/mol. The maximum Gasteiger partial charge on any atom is 0.417 e. The molecule has 0 unspecified atom stereocenters. The summed E-state index contributed by atoms with van der Waals surface area (Å²) in [6.45, 7) is 1.62. The Morgan fingerprint density at radius 3 is 2.54 bits per heavy atom. The minimum Gasteiger partial charge on any atom is -0.261 e. The number of halogens is 4. The fourth-order valence-corrected chi connectivity index (χ4v) is 1.14. The van der Waals surface area contributed by atoms with Crippen LogP contribution in [0.25, 0.3) is 0 Å². The van der Waals surface area contributed by atoms with Crippen LogP contribution in [-0.4, -0.2) is 4.98 Å². The van der Waals surface area contributed by atoms with Crippen LogP contribution in [-0.2, 0) is 12.1 Å². The second-order valence-electron chi connectivity index (χ2n) is 2.60. The third kappa shape index (κ3) is 2.34. The van der Waals surface area contributed by atoms with Crippen molar-refractivity contribution in [3.8, 4) is 0 Å². The van der Waals surface area contributed by atoms with Crippen LogP contribution in [0.5, 0.6) is 0 Å². The number of rotatable bonds is 1. The summed E-state index contributed by atoms with van der Waals surface area (Å²) in [6, 6.07) is 1.02. The van der Waals surface area contributed by atoms with Gasteiger partial charge in [0.2, 0.25) is 0 Å². The number of hydrogen-bond acceptors (Lipinski definition) is 1. The second-order valence-corrected chi connectivity index (χ2v) is 2.87. The topological polar surface area (TPSA) is 12.9 Å². The van der Waals surface area contributed by atoms with Gasteiger partial charge in [0.25, 0.3) is 0 Å². The second kappa shape index (κ2) is 3.54. The van der Waals surface area contributed by atoms with Crippen molar-refractivity contribution in [3.05, 3.63) is 29.1 Å². The van der Waals surface area contributed by atoms with Crippen LogP contribution in [0.15, 0.2) is 12.3 Å². The highest BCUT2D eigenvalue weighted by atomic mass is 35.5. The summed E-state index contributed by atoms with van der Waals surface area (Å²) in [5.74, 6) is 0.0444. The minimum absolute atomic E-state index is 0.0444. The van der Waals surface area contributed by atoms with E-state index in [0.717, 1.165) is 12.3 Å². The molecule has 1 aromatic heterocycles.